The zero-order chi connectivity index (χ0) is 16.9. The van der Waals surface area contributed by atoms with E-state index in [4.69, 9.17) is 28.3 Å². The second-order valence-corrected chi connectivity index (χ2v) is 6.84. The molecule has 0 saturated heterocycles. The Balaban J connectivity index is 1.88. The Bertz CT molecular complexity index is 585. The molecular weight excluding hydrogens is 337 g/mol. The lowest BCUT2D eigenvalue weighted by Gasteiger charge is -2.41. The van der Waals surface area contributed by atoms with Crippen molar-refractivity contribution in [2.75, 3.05) is 6.54 Å². The van der Waals surface area contributed by atoms with Crippen molar-refractivity contribution < 1.29 is 14.7 Å². The number of unbranched alkanes of at least 4 members (excludes halogenated alkanes) is 2. The van der Waals surface area contributed by atoms with Gasteiger partial charge in [-0.1, -0.05) is 42.1 Å². The number of carboxylic acid groups (broad SMARTS) is 1. The van der Waals surface area contributed by atoms with Crippen LogP contribution < -0.4 is 5.32 Å². The Labute approximate surface area is 146 Å². The summed E-state index contributed by atoms with van der Waals surface area (Å²) >= 11 is 12.0. The first-order valence-electron chi connectivity index (χ1n) is 7.91. The van der Waals surface area contributed by atoms with Crippen molar-refractivity contribution in [2.45, 2.75) is 50.4 Å². The zero-order valence-corrected chi connectivity index (χ0v) is 14.4. The molecule has 1 fully saturated rings. The summed E-state index contributed by atoms with van der Waals surface area (Å²) in [5.74, 6) is -0.748. The van der Waals surface area contributed by atoms with Crippen LogP contribution in [0.5, 0.6) is 0 Å². The fraction of sp³-hybridized carbons (Fsp3) is 0.529. The molecule has 1 aliphatic carbocycles. The molecule has 2 N–H and O–H groups in total. The molecule has 0 aromatic heterocycles. The number of hydrogen-bond donors (Lipinski definition) is 2. The predicted molar refractivity (Wildman–Crippen MR) is 91.1 cm³/mol. The van der Waals surface area contributed by atoms with Gasteiger partial charge in [0.1, 0.15) is 0 Å². The SMILES string of the molecule is O=C(O)CCCCCNC(=O)C1(c2ccc(Cl)c(Cl)c2)CCC1. The minimum Gasteiger partial charge on any atom is -0.481 e. The summed E-state index contributed by atoms with van der Waals surface area (Å²) in [6.07, 6.45) is 5.06. The van der Waals surface area contributed by atoms with Gasteiger partial charge in [0.05, 0.1) is 15.5 Å². The van der Waals surface area contributed by atoms with Gasteiger partial charge in [-0.05, 0) is 43.4 Å². The summed E-state index contributed by atoms with van der Waals surface area (Å²) in [4.78, 5) is 23.0. The van der Waals surface area contributed by atoms with Gasteiger partial charge in [-0.2, -0.15) is 0 Å². The molecule has 2 rings (SSSR count). The van der Waals surface area contributed by atoms with Crippen LogP contribution in [0.3, 0.4) is 0 Å². The first kappa shape index (κ1) is 18.1. The maximum atomic E-state index is 12.6. The summed E-state index contributed by atoms with van der Waals surface area (Å²) in [5.41, 5.74) is 0.427. The number of benzene rings is 1. The number of aliphatic carboxylic acids is 1. The molecule has 0 unspecified atom stereocenters. The number of halogens is 2. The van der Waals surface area contributed by atoms with E-state index >= 15 is 0 Å². The maximum Gasteiger partial charge on any atom is 0.303 e. The molecule has 1 aromatic carbocycles. The highest BCUT2D eigenvalue weighted by Crippen LogP contribution is 2.45. The third-order valence-corrected chi connectivity index (χ3v) is 5.21. The van der Waals surface area contributed by atoms with E-state index in [9.17, 15) is 9.59 Å². The fourth-order valence-corrected chi connectivity index (χ4v) is 3.22. The van der Waals surface area contributed by atoms with Crippen LogP contribution >= 0.6 is 23.2 Å². The monoisotopic (exact) mass is 357 g/mol. The number of carbonyl (C=O) groups excluding carboxylic acids is 1. The average molecular weight is 358 g/mol. The van der Waals surface area contributed by atoms with Crippen LogP contribution in [-0.4, -0.2) is 23.5 Å². The summed E-state index contributed by atoms with van der Waals surface area (Å²) in [5, 5.41) is 12.5. The molecule has 1 aromatic rings. The van der Waals surface area contributed by atoms with Gasteiger partial charge >= 0.3 is 5.97 Å². The van der Waals surface area contributed by atoms with E-state index in [1.54, 1.807) is 12.1 Å². The average Bonchev–Trinajstić information content (AvgIpc) is 2.45. The van der Waals surface area contributed by atoms with Gasteiger partial charge < -0.3 is 10.4 Å². The van der Waals surface area contributed by atoms with Crippen molar-refractivity contribution in [1.82, 2.24) is 5.32 Å². The van der Waals surface area contributed by atoms with E-state index in [1.807, 2.05) is 6.07 Å². The molecule has 23 heavy (non-hydrogen) atoms. The van der Waals surface area contributed by atoms with Crippen molar-refractivity contribution in [3.63, 3.8) is 0 Å². The van der Waals surface area contributed by atoms with E-state index in [1.165, 1.54) is 0 Å². The molecular formula is C17H21Cl2NO3. The summed E-state index contributed by atoms with van der Waals surface area (Å²) < 4.78 is 0. The Hall–Kier alpha value is -1.26. The van der Waals surface area contributed by atoms with Crippen LogP contribution in [0.15, 0.2) is 18.2 Å². The van der Waals surface area contributed by atoms with Gasteiger partial charge in [-0.15, -0.1) is 0 Å². The van der Waals surface area contributed by atoms with Gasteiger partial charge in [-0.25, -0.2) is 0 Å². The van der Waals surface area contributed by atoms with Crippen molar-refractivity contribution in [3.05, 3.63) is 33.8 Å². The molecule has 0 aliphatic heterocycles. The lowest BCUT2D eigenvalue weighted by atomic mass is 9.64. The number of rotatable bonds is 8. The van der Waals surface area contributed by atoms with E-state index in [2.05, 4.69) is 5.32 Å². The molecule has 4 nitrogen and oxygen atoms in total. The minimum atomic E-state index is -0.776. The van der Waals surface area contributed by atoms with Gasteiger partial charge in [0.2, 0.25) is 5.91 Å². The second kappa shape index (κ2) is 8.02. The Kier molecular flexibility index (Phi) is 6.31. The standard InChI is InChI=1S/C17H21Cl2NO3/c18-13-7-6-12(11-14(13)19)17(8-4-9-17)16(23)20-10-3-1-2-5-15(21)22/h6-7,11H,1-5,8-10H2,(H,20,23)(H,21,22). The number of carboxylic acids is 1. The molecule has 0 bridgehead atoms. The minimum absolute atomic E-state index is 0.0281. The van der Waals surface area contributed by atoms with E-state index in [-0.39, 0.29) is 12.3 Å². The number of carbonyl (C=O) groups is 2. The van der Waals surface area contributed by atoms with Crippen LogP contribution in [0.2, 0.25) is 10.0 Å². The summed E-state index contributed by atoms with van der Waals surface area (Å²) in [7, 11) is 0. The van der Waals surface area contributed by atoms with Gasteiger partial charge in [0, 0.05) is 13.0 Å². The molecule has 0 radical (unpaired) electrons. The number of amides is 1. The van der Waals surface area contributed by atoms with Crippen molar-refractivity contribution in [2.24, 2.45) is 0 Å². The highest BCUT2D eigenvalue weighted by molar-refractivity contribution is 6.42. The van der Waals surface area contributed by atoms with E-state index in [0.717, 1.165) is 37.7 Å². The Morgan fingerprint density at radius 2 is 1.87 bits per heavy atom. The Morgan fingerprint density at radius 3 is 2.43 bits per heavy atom. The normalized spacial score (nSPS) is 15.7. The number of nitrogens with one attached hydrogen (secondary N) is 1. The molecule has 1 amide bonds. The molecule has 126 valence electrons. The first-order chi connectivity index (χ1) is 11.0. The van der Waals surface area contributed by atoms with E-state index in [0.29, 0.717) is 23.0 Å². The molecule has 1 saturated carbocycles. The van der Waals surface area contributed by atoms with Crippen LogP contribution in [-0.2, 0) is 15.0 Å². The molecule has 1 aliphatic rings. The lowest BCUT2D eigenvalue weighted by Crippen LogP contribution is -2.49. The Morgan fingerprint density at radius 1 is 1.13 bits per heavy atom. The van der Waals surface area contributed by atoms with Crippen LogP contribution in [0.1, 0.15) is 50.5 Å². The van der Waals surface area contributed by atoms with Gasteiger partial charge in [0.15, 0.2) is 0 Å². The van der Waals surface area contributed by atoms with Crippen molar-refractivity contribution in [1.29, 1.82) is 0 Å². The van der Waals surface area contributed by atoms with Crippen LogP contribution in [0.4, 0.5) is 0 Å². The maximum absolute atomic E-state index is 12.6. The van der Waals surface area contributed by atoms with Crippen LogP contribution in [0.25, 0.3) is 0 Å². The smallest absolute Gasteiger partial charge is 0.303 e. The third-order valence-electron chi connectivity index (χ3n) is 4.47. The largest absolute Gasteiger partial charge is 0.481 e. The molecule has 6 heteroatoms. The zero-order valence-electron chi connectivity index (χ0n) is 12.9. The quantitative estimate of drug-likeness (QED) is 0.685. The fourth-order valence-electron chi connectivity index (χ4n) is 2.92. The van der Waals surface area contributed by atoms with Crippen molar-refractivity contribution >= 4 is 35.1 Å². The van der Waals surface area contributed by atoms with E-state index < -0.39 is 11.4 Å². The molecule has 0 spiro atoms. The molecule has 0 atom stereocenters. The topological polar surface area (TPSA) is 66.4 Å². The second-order valence-electron chi connectivity index (χ2n) is 6.02. The van der Waals surface area contributed by atoms with Gasteiger partial charge in [0.25, 0.3) is 0 Å². The van der Waals surface area contributed by atoms with Gasteiger partial charge in [-0.3, -0.25) is 9.59 Å². The van der Waals surface area contributed by atoms with Crippen molar-refractivity contribution in [3.8, 4) is 0 Å². The number of hydrogen-bond acceptors (Lipinski definition) is 2. The van der Waals surface area contributed by atoms with Crippen LogP contribution in [0, 0.1) is 0 Å². The first-order valence-corrected chi connectivity index (χ1v) is 8.67. The lowest BCUT2D eigenvalue weighted by molar-refractivity contribution is -0.137. The summed E-state index contributed by atoms with van der Waals surface area (Å²) in [6, 6.07) is 5.40. The third kappa shape index (κ3) is 4.39. The molecule has 0 heterocycles. The highest BCUT2D eigenvalue weighted by Gasteiger charge is 2.45. The summed E-state index contributed by atoms with van der Waals surface area (Å²) in [6.45, 7) is 0.571. The predicted octanol–water partition coefficient (Wildman–Crippen LogP) is 4.18. The highest BCUT2D eigenvalue weighted by atomic mass is 35.5.